The smallest absolute Gasteiger partial charge is 0.211 e. The predicted molar refractivity (Wildman–Crippen MR) is 88.1 cm³/mol. The molecule has 0 aliphatic rings. The number of aryl methyl sites for hydroxylation is 1. The molecule has 0 aliphatic carbocycles. The number of aromatic nitrogens is 1. The number of para-hydroxylation sites is 1. The van der Waals surface area contributed by atoms with Crippen molar-refractivity contribution >= 4 is 43.7 Å². The van der Waals surface area contributed by atoms with Gasteiger partial charge in [-0.1, -0.05) is 57.6 Å². The molecule has 0 saturated carbocycles. The zero-order valence-electron chi connectivity index (χ0n) is 10.8. The molecule has 3 aromatic rings. The van der Waals surface area contributed by atoms with Crippen molar-refractivity contribution in [3.63, 3.8) is 0 Å². The predicted octanol–water partition coefficient (Wildman–Crippen LogP) is 3.94. The normalized spacial score (nSPS) is 12.6. The van der Waals surface area contributed by atoms with E-state index < -0.39 is 0 Å². The Morgan fingerprint density at radius 3 is 2.65 bits per heavy atom. The maximum Gasteiger partial charge on any atom is 0.211 e. The number of fused-ring (bicyclic) bond motifs is 1. The molecule has 3 rings (SSSR count). The second kappa shape index (κ2) is 5.73. The van der Waals surface area contributed by atoms with Gasteiger partial charge in [0.15, 0.2) is 0 Å². The molecule has 0 unspecified atom stereocenters. The van der Waals surface area contributed by atoms with Gasteiger partial charge in [0.05, 0.1) is 16.4 Å². The van der Waals surface area contributed by atoms with E-state index in [9.17, 15) is 0 Å². The summed E-state index contributed by atoms with van der Waals surface area (Å²) in [5.41, 5.74) is 2.19. The van der Waals surface area contributed by atoms with Crippen molar-refractivity contribution in [2.75, 3.05) is 0 Å². The molecule has 1 aromatic heterocycles. The SMILES string of the molecule is Cn1/c(=N\N=C/c2ccccc2Br)sc2ccccc21. The van der Waals surface area contributed by atoms with Crippen molar-refractivity contribution in [3.8, 4) is 0 Å². The second-order valence-corrected chi connectivity index (χ2v) is 6.14. The van der Waals surface area contributed by atoms with Crippen LogP contribution in [0.2, 0.25) is 0 Å². The standard InChI is InChI=1S/C15H12BrN3S/c1-19-13-8-4-5-9-14(13)20-15(19)18-17-10-11-6-2-3-7-12(11)16/h2-10H,1H3/b17-10-,18-15+. The van der Waals surface area contributed by atoms with Gasteiger partial charge in [0.25, 0.3) is 0 Å². The van der Waals surface area contributed by atoms with E-state index in [2.05, 4.69) is 42.8 Å². The van der Waals surface area contributed by atoms with Crippen LogP contribution in [-0.2, 0) is 7.05 Å². The average Bonchev–Trinajstić information content (AvgIpc) is 2.78. The van der Waals surface area contributed by atoms with Gasteiger partial charge in [0.2, 0.25) is 4.80 Å². The monoisotopic (exact) mass is 345 g/mol. The quantitative estimate of drug-likeness (QED) is 0.497. The number of benzene rings is 2. The lowest BCUT2D eigenvalue weighted by Crippen LogP contribution is -2.08. The lowest BCUT2D eigenvalue weighted by atomic mass is 10.2. The summed E-state index contributed by atoms with van der Waals surface area (Å²) in [4.78, 5) is 0.884. The fourth-order valence-electron chi connectivity index (χ4n) is 1.90. The highest BCUT2D eigenvalue weighted by molar-refractivity contribution is 9.10. The Bertz CT molecular complexity index is 845. The van der Waals surface area contributed by atoms with Crippen LogP contribution in [0.15, 0.2) is 63.2 Å². The van der Waals surface area contributed by atoms with Gasteiger partial charge in [0, 0.05) is 17.1 Å². The highest BCUT2D eigenvalue weighted by Crippen LogP contribution is 2.15. The third kappa shape index (κ3) is 2.59. The van der Waals surface area contributed by atoms with E-state index >= 15 is 0 Å². The van der Waals surface area contributed by atoms with Crippen molar-refractivity contribution in [3.05, 3.63) is 63.4 Å². The first-order valence-corrected chi connectivity index (χ1v) is 7.73. The third-order valence-electron chi connectivity index (χ3n) is 2.96. The van der Waals surface area contributed by atoms with Crippen LogP contribution < -0.4 is 4.80 Å². The Kier molecular flexibility index (Phi) is 3.80. The van der Waals surface area contributed by atoms with E-state index in [-0.39, 0.29) is 0 Å². The molecule has 0 bridgehead atoms. The molecular weight excluding hydrogens is 334 g/mol. The summed E-state index contributed by atoms with van der Waals surface area (Å²) in [6.07, 6.45) is 1.76. The van der Waals surface area contributed by atoms with Crippen LogP contribution in [0, 0.1) is 0 Å². The molecule has 0 spiro atoms. The molecule has 0 atom stereocenters. The van der Waals surface area contributed by atoms with E-state index in [1.54, 1.807) is 17.6 Å². The van der Waals surface area contributed by atoms with Gasteiger partial charge in [-0.2, -0.15) is 5.10 Å². The Balaban J connectivity index is 1.99. The first-order chi connectivity index (χ1) is 9.75. The highest BCUT2D eigenvalue weighted by Gasteiger charge is 2.00. The number of halogens is 1. The van der Waals surface area contributed by atoms with Crippen molar-refractivity contribution in [1.29, 1.82) is 0 Å². The number of hydrogen-bond donors (Lipinski definition) is 0. The Morgan fingerprint density at radius 1 is 1.10 bits per heavy atom. The average molecular weight is 346 g/mol. The molecule has 20 heavy (non-hydrogen) atoms. The maximum atomic E-state index is 4.31. The largest absolute Gasteiger partial charge is 0.318 e. The van der Waals surface area contributed by atoms with E-state index in [0.29, 0.717) is 0 Å². The van der Waals surface area contributed by atoms with Gasteiger partial charge in [0.1, 0.15) is 0 Å². The summed E-state index contributed by atoms with van der Waals surface area (Å²) in [6, 6.07) is 16.2. The molecule has 0 fully saturated rings. The van der Waals surface area contributed by atoms with Crippen molar-refractivity contribution < 1.29 is 0 Å². The van der Waals surface area contributed by atoms with Gasteiger partial charge in [-0.25, -0.2) is 0 Å². The fourth-order valence-corrected chi connectivity index (χ4v) is 3.26. The topological polar surface area (TPSA) is 29.6 Å². The van der Waals surface area contributed by atoms with E-state index in [1.165, 1.54) is 10.2 Å². The lowest BCUT2D eigenvalue weighted by molar-refractivity contribution is 0.889. The fraction of sp³-hybridized carbons (Fsp3) is 0.0667. The van der Waals surface area contributed by atoms with Crippen LogP contribution in [0.3, 0.4) is 0 Å². The zero-order valence-corrected chi connectivity index (χ0v) is 13.2. The second-order valence-electron chi connectivity index (χ2n) is 4.28. The molecule has 2 aromatic carbocycles. The van der Waals surface area contributed by atoms with Gasteiger partial charge in [-0.3, -0.25) is 0 Å². The summed E-state index contributed by atoms with van der Waals surface area (Å²) >= 11 is 5.12. The molecule has 0 radical (unpaired) electrons. The number of rotatable bonds is 2. The molecule has 1 heterocycles. The van der Waals surface area contributed by atoms with Crippen LogP contribution in [0.25, 0.3) is 10.2 Å². The first kappa shape index (κ1) is 13.3. The minimum Gasteiger partial charge on any atom is -0.318 e. The molecule has 100 valence electrons. The maximum absolute atomic E-state index is 4.31. The minimum atomic E-state index is 0.884. The van der Waals surface area contributed by atoms with Gasteiger partial charge >= 0.3 is 0 Å². The molecular formula is C15H12BrN3S. The van der Waals surface area contributed by atoms with Crippen LogP contribution in [0.1, 0.15) is 5.56 Å². The summed E-state index contributed by atoms with van der Waals surface area (Å²) in [7, 11) is 2.01. The van der Waals surface area contributed by atoms with Crippen molar-refractivity contribution in [2.24, 2.45) is 17.3 Å². The van der Waals surface area contributed by atoms with E-state index in [1.807, 2.05) is 43.4 Å². The molecule has 0 N–H and O–H groups in total. The van der Waals surface area contributed by atoms with Crippen molar-refractivity contribution in [1.82, 2.24) is 4.57 Å². The Morgan fingerprint density at radius 2 is 1.85 bits per heavy atom. The first-order valence-electron chi connectivity index (χ1n) is 6.12. The summed E-state index contributed by atoms with van der Waals surface area (Å²) in [6.45, 7) is 0. The summed E-state index contributed by atoms with van der Waals surface area (Å²) in [5.74, 6) is 0. The highest BCUT2D eigenvalue weighted by atomic mass is 79.9. The summed E-state index contributed by atoms with van der Waals surface area (Å²) < 4.78 is 4.28. The van der Waals surface area contributed by atoms with Crippen LogP contribution >= 0.6 is 27.3 Å². The number of hydrogen-bond acceptors (Lipinski definition) is 3. The Hall–Kier alpha value is -1.72. The van der Waals surface area contributed by atoms with Gasteiger partial charge in [-0.15, -0.1) is 5.10 Å². The number of nitrogens with zero attached hydrogens (tertiary/aromatic N) is 3. The van der Waals surface area contributed by atoms with E-state index in [4.69, 9.17) is 0 Å². The van der Waals surface area contributed by atoms with Gasteiger partial charge < -0.3 is 4.57 Å². The van der Waals surface area contributed by atoms with E-state index in [0.717, 1.165) is 14.8 Å². The molecule has 0 aliphatic heterocycles. The molecule has 0 amide bonds. The lowest BCUT2D eigenvalue weighted by Gasteiger charge is -1.94. The Labute approximate surface area is 129 Å². The molecule has 0 saturated heterocycles. The van der Waals surface area contributed by atoms with Crippen LogP contribution in [0.4, 0.5) is 0 Å². The van der Waals surface area contributed by atoms with Crippen LogP contribution in [0.5, 0.6) is 0 Å². The zero-order chi connectivity index (χ0) is 13.9. The molecule has 3 nitrogen and oxygen atoms in total. The van der Waals surface area contributed by atoms with Crippen LogP contribution in [-0.4, -0.2) is 10.8 Å². The minimum absolute atomic E-state index is 0.884. The molecule has 5 heteroatoms. The third-order valence-corrected chi connectivity index (χ3v) is 4.79. The summed E-state index contributed by atoms with van der Waals surface area (Å²) in [5, 5.41) is 8.50. The van der Waals surface area contributed by atoms with Crippen molar-refractivity contribution in [2.45, 2.75) is 0 Å². The number of thiazole rings is 1. The van der Waals surface area contributed by atoms with Gasteiger partial charge in [-0.05, 0) is 18.2 Å².